The van der Waals surface area contributed by atoms with E-state index in [1.807, 2.05) is 0 Å². The van der Waals surface area contributed by atoms with E-state index in [2.05, 4.69) is 20.9 Å². The molecular formula is C20H19ClF2N4. The van der Waals surface area contributed by atoms with Gasteiger partial charge in [-0.15, -0.1) is 0 Å². The Morgan fingerprint density at radius 1 is 1.11 bits per heavy atom. The Kier molecular flexibility index (Phi) is 7.64. The van der Waals surface area contributed by atoms with Gasteiger partial charge in [-0.1, -0.05) is 18.0 Å². The number of hydrogen-bond donors (Lipinski definition) is 0. The van der Waals surface area contributed by atoms with Crippen molar-refractivity contribution in [2.75, 3.05) is 0 Å². The van der Waals surface area contributed by atoms with E-state index in [0.29, 0.717) is 11.6 Å². The molecule has 140 valence electrons. The highest BCUT2D eigenvalue weighted by molar-refractivity contribution is 6.29. The van der Waals surface area contributed by atoms with Gasteiger partial charge in [0.1, 0.15) is 0 Å². The van der Waals surface area contributed by atoms with Crippen molar-refractivity contribution in [3.05, 3.63) is 70.6 Å². The largest absolute Gasteiger partial charge is 0.303 e. The van der Waals surface area contributed by atoms with Crippen molar-refractivity contribution in [3.63, 3.8) is 0 Å². The molecule has 2 aromatic rings. The monoisotopic (exact) mass is 388 g/mol. The van der Waals surface area contributed by atoms with Crippen LogP contribution < -0.4 is 0 Å². The van der Waals surface area contributed by atoms with Gasteiger partial charge in [0.25, 0.3) is 5.54 Å². The molecule has 27 heavy (non-hydrogen) atoms. The minimum absolute atomic E-state index is 0.0764. The van der Waals surface area contributed by atoms with E-state index in [1.54, 1.807) is 12.3 Å². The fourth-order valence-electron chi connectivity index (χ4n) is 2.55. The van der Waals surface area contributed by atoms with Crippen LogP contribution in [-0.4, -0.2) is 9.97 Å². The summed E-state index contributed by atoms with van der Waals surface area (Å²) in [6.45, 7) is 7.06. The molecule has 0 saturated heterocycles. The highest BCUT2D eigenvalue weighted by Gasteiger charge is 2.48. The molecule has 0 unspecified atom stereocenters. The Labute approximate surface area is 162 Å². The highest BCUT2D eigenvalue weighted by Crippen LogP contribution is 2.44. The Morgan fingerprint density at radius 2 is 1.74 bits per heavy atom. The molecule has 2 aliphatic carbocycles. The quantitative estimate of drug-likeness (QED) is 0.465. The molecule has 2 aromatic heterocycles. The third-order valence-corrected chi connectivity index (χ3v) is 4.87. The third-order valence-electron chi connectivity index (χ3n) is 4.60. The van der Waals surface area contributed by atoms with Crippen LogP contribution >= 0.6 is 11.6 Å². The fourth-order valence-corrected chi connectivity index (χ4v) is 2.66. The molecule has 2 fully saturated rings. The second-order valence-corrected chi connectivity index (χ2v) is 6.72. The van der Waals surface area contributed by atoms with Crippen molar-refractivity contribution in [3.8, 4) is 6.07 Å². The van der Waals surface area contributed by atoms with E-state index in [4.69, 9.17) is 23.4 Å². The summed E-state index contributed by atoms with van der Waals surface area (Å²) >= 11 is 5.22. The maximum Gasteiger partial charge on any atom is 0.276 e. The molecule has 0 spiro atoms. The van der Waals surface area contributed by atoms with Crippen molar-refractivity contribution in [2.45, 2.75) is 44.1 Å². The summed E-state index contributed by atoms with van der Waals surface area (Å²) in [5.74, 6) is -0.405. The standard InChI is InChI=1S/C10H9FN2.C5H3ClFN.C5H7N/c1-12-10(5-3-6-10)9-8(11)4-2-7-13-9;6-5-4(7)2-1-3-8-5;6-4-5-2-1-3-5/h2,4,7H,3,5-6H2;1-3H;5H,1-3H2. The maximum absolute atomic E-state index is 13.3. The summed E-state index contributed by atoms with van der Waals surface area (Å²) in [5, 5.41) is 8.06. The molecule has 0 amide bonds. The lowest BCUT2D eigenvalue weighted by atomic mass is 9.74. The molecule has 0 aromatic carbocycles. The number of halogens is 3. The van der Waals surface area contributed by atoms with Gasteiger partial charge in [-0.05, 0) is 43.5 Å². The van der Waals surface area contributed by atoms with Crippen LogP contribution in [0.1, 0.15) is 44.2 Å². The van der Waals surface area contributed by atoms with E-state index in [9.17, 15) is 8.78 Å². The van der Waals surface area contributed by atoms with Gasteiger partial charge in [0, 0.05) is 31.2 Å². The summed E-state index contributed by atoms with van der Waals surface area (Å²) < 4.78 is 25.4. The van der Waals surface area contributed by atoms with E-state index >= 15 is 0 Å². The predicted molar refractivity (Wildman–Crippen MR) is 98.5 cm³/mol. The zero-order chi connectivity index (χ0) is 19.7. The van der Waals surface area contributed by atoms with Crippen molar-refractivity contribution in [2.24, 2.45) is 5.92 Å². The zero-order valence-corrected chi connectivity index (χ0v) is 15.5. The zero-order valence-electron chi connectivity index (χ0n) is 14.7. The van der Waals surface area contributed by atoms with Gasteiger partial charge in [0.2, 0.25) is 0 Å². The van der Waals surface area contributed by atoms with Crippen molar-refractivity contribution in [1.29, 1.82) is 5.26 Å². The Morgan fingerprint density at radius 3 is 2.04 bits per heavy atom. The van der Waals surface area contributed by atoms with Gasteiger partial charge < -0.3 is 4.85 Å². The predicted octanol–water partition coefficient (Wildman–Crippen LogP) is 5.70. The molecule has 0 N–H and O–H groups in total. The first kappa shape index (κ1) is 20.7. The van der Waals surface area contributed by atoms with Crippen molar-refractivity contribution < 1.29 is 8.78 Å². The normalized spacial score (nSPS) is 16.6. The van der Waals surface area contributed by atoms with Crippen LogP contribution in [0, 0.1) is 35.5 Å². The number of rotatable bonds is 1. The minimum atomic E-state index is -0.647. The highest BCUT2D eigenvalue weighted by atomic mass is 35.5. The molecule has 7 heteroatoms. The lowest BCUT2D eigenvalue weighted by molar-refractivity contribution is 0.291. The topological polar surface area (TPSA) is 53.9 Å². The van der Waals surface area contributed by atoms with E-state index in [1.165, 1.54) is 30.8 Å². The first-order valence-corrected chi connectivity index (χ1v) is 9.05. The summed E-state index contributed by atoms with van der Waals surface area (Å²) in [5.41, 5.74) is -0.318. The van der Waals surface area contributed by atoms with Gasteiger partial charge in [0.15, 0.2) is 22.5 Å². The molecule has 4 nitrogen and oxygen atoms in total. The third kappa shape index (κ3) is 5.45. The van der Waals surface area contributed by atoms with Gasteiger partial charge in [-0.25, -0.2) is 25.3 Å². The first-order chi connectivity index (χ1) is 13.0. The number of hydrogen-bond acceptors (Lipinski definition) is 3. The molecule has 0 aliphatic heterocycles. The summed E-state index contributed by atoms with van der Waals surface area (Å²) in [7, 11) is 0. The Hall–Kier alpha value is -2.57. The molecular weight excluding hydrogens is 370 g/mol. The van der Waals surface area contributed by atoms with Gasteiger partial charge >= 0.3 is 0 Å². The smallest absolute Gasteiger partial charge is 0.276 e. The summed E-state index contributed by atoms with van der Waals surface area (Å²) in [6, 6.07) is 7.87. The van der Waals surface area contributed by atoms with Crippen LogP contribution in [0.5, 0.6) is 0 Å². The molecule has 0 bridgehead atoms. The van der Waals surface area contributed by atoms with Gasteiger partial charge in [-0.3, -0.25) is 0 Å². The summed E-state index contributed by atoms with van der Waals surface area (Å²) in [6.07, 6.45) is 9.04. The summed E-state index contributed by atoms with van der Waals surface area (Å²) in [4.78, 5) is 10.9. The molecule has 2 saturated carbocycles. The molecule has 2 heterocycles. The number of nitrogens with zero attached hydrogens (tertiary/aromatic N) is 4. The molecule has 2 aliphatic rings. The van der Waals surface area contributed by atoms with Crippen LogP contribution in [0.3, 0.4) is 0 Å². The van der Waals surface area contributed by atoms with Crippen LogP contribution in [-0.2, 0) is 5.54 Å². The van der Waals surface area contributed by atoms with Gasteiger partial charge in [-0.2, -0.15) is 5.26 Å². The van der Waals surface area contributed by atoms with E-state index in [-0.39, 0.29) is 11.0 Å². The lowest BCUT2D eigenvalue weighted by Crippen LogP contribution is -2.32. The van der Waals surface area contributed by atoms with Crippen LogP contribution in [0.25, 0.3) is 4.85 Å². The van der Waals surface area contributed by atoms with Crippen LogP contribution in [0.15, 0.2) is 36.7 Å². The number of aromatic nitrogens is 2. The lowest BCUT2D eigenvalue weighted by Gasteiger charge is -2.29. The second-order valence-electron chi connectivity index (χ2n) is 6.36. The van der Waals surface area contributed by atoms with Crippen LogP contribution in [0.2, 0.25) is 5.15 Å². The van der Waals surface area contributed by atoms with Crippen molar-refractivity contribution >= 4 is 11.6 Å². The Bertz CT molecular complexity index is 815. The molecule has 4 rings (SSSR count). The Balaban J connectivity index is 0.000000159. The van der Waals surface area contributed by atoms with E-state index in [0.717, 1.165) is 32.1 Å². The fraction of sp³-hybridized carbons (Fsp3) is 0.400. The second kappa shape index (κ2) is 9.94. The average molecular weight is 389 g/mol. The van der Waals surface area contributed by atoms with Gasteiger partial charge in [0.05, 0.1) is 6.07 Å². The first-order valence-electron chi connectivity index (χ1n) is 8.67. The van der Waals surface area contributed by atoms with Crippen LogP contribution in [0.4, 0.5) is 8.78 Å². The number of pyridine rings is 2. The molecule has 0 atom stereocenters. The average Bonchev–Trinajstić information content (AvgIpc) is 2.59. The SMILES string of the molecule is Fc1cccnc1Cl.N#CC1CCC1.[C-]#[N+]C1(c2ncccc2F)CCC1. The van der Waals surface area contributed by atoms with Crippen molar-refractivity contribution in [1.82, 2.24) is 9.97 Å². The van der Waals surface area contributed by atoms with E-state index < -0.39 is 11.4 Å². The number of nitriles is 1. The minimum Gasteiger partial charge on any atom is -0.303 e. The molecule has 0 radical (unpaired) electrons. The maximum atomic E-state index is 13.3.